The van der Waals surface area contributed by atoms with Gasteiger partial charge in [0, 0.05) is 18.3 Å². The number of amides is 1. The summed E-state index contributed by atoms with van der Waals surface area (Å²) >= 11 is 0. The van der Waals surface area contributed by atoms with Crippen LogP contribution in [0.5, 0.6) is 0 Å². The van der Waals surface area contributed by atoms with Gasteiger partial charge in [0.2, 0.25) is 0 Å². The first kappa shape index (κ1) is 18.5. The van der Waals surface area contributed by atoms with Gasteiger partial charge in [-0.3, -0.25) is 14.4 Å². The Morgan fingerprint density at radius 3 is 2.68 bits per heavy atom. The second-order valence-corrected chi connectivity index (χ2v) is 7.62. The van der Waals surface area contributed by atoms with E-state index in [4.69, 9.17) is 4.74 Å². The van der Waals surface area contributed by atoms with Crippen molar-refractivity contribution in [3.05, 3.63) is 70.1 Å². The van der Waals surface area contributed by atoms with Gasteiger partial charge in [-0.1, -0.05) is 30.3 Å². The van der Waals surface area contributed by atoms with E-state index in [1.807, 2.05) is 30.3 Å². The Labute approximate surface area is 163 Å². The highest BCUT2D eigenvalue weighted by Crippen LogP contribution is 2.52. The molecular formula is C22H24N2O4. The minimum absolute atomic E-state index is 0.0507. The predicted molar refractivity (Wildman–Crippen MR) is 104 cm³/mol. The first-order chi connectivity index (χ1) is 13.6. The van der Waals surface area contributed by atoms with E-state index in [-0.39, 0.29) is 29.5 Å². The minimum atomic E-state index is -0.766. The van der Waals surface area contributed by atoms with Crippen LogP contribution < -0.4 is 5.56 Å². The van der Waals surface area contributed by atoms with Gasteiger partial charge in [0.05, 0.1) is 12.0 Å². The highest BCUT2D eigenvalue weighted by atomic mass is 16.5. The number of rotatable bonds is 5. The Balaban J connectivity index is 1.71. The van der Waals surface area contributed by atoms with Crippen LogP contribution in [0.1, 0.15) is 42.1 Å². The van der Waals surface area contributed by atoms with Gasteiger partial charge in [-0.05, 0) is 50.3 Å². The topological polar surface area (TPSA) is 79.5 Å². The first-order valence-corrected chi connectivity index (χ1v) is 9.78. The van der Waals surface area contributed by atoms with Crippen molar-refractivity contribution in [3.63, 3.8) is 0 Å². The molecule has 3 atom stereocenters. The van der Waals surface area contributed by atoms with Crippen molar-refractivity contribution < 1.29 is 14.3 Å². The minimum Gasteiger partial charge on any atom is -0.465 e. The van der Waals surface area contributed by atoms with Crippen LogP contribution in [0.3, 0.4) is 0 Å². The fraction of sp³-hybridized carbons (Fsp3) is 0.409. The van der Waals surface area contributed by atoms with E-state index in [0.29, 0.717) is 19.4 Å². The molecule has 28 heavy (non-hydrogen) atoms. The number of H-pyrrole nitrogens is 1. The van der Waals surface area contributed by atoms with Crippen LogP contribution in [0.2, 0.25) is 0 Å². The average molecular weight is 380 g/mol. The average Bonchev–Trinajstić information content (AvgIpc) is 3.25. The Bertz CT molecular complexity index is 939. The van der Waals surface area contributed by atoms with E-state index in [1.54, 1.807) is 24.0 Å². The molecule has 0 spiro atoms. The highest BCUT2D eigenvalue weighted by molar-refractivity contribution is 5.95. The lowest BCUT2D eigenvalue weighted by Crippen LogP contribution is -2.48. The molecule has 2 bridgehead atoms. The summed E-state index contributed by atoms with van der Waals surface area (Å²) in [6.07, 6.45) is 4.20. The van der Waals surface area contributed by atoms with Crippen molar-refractivity contribution >= 4 is 11.9 Å². The fourth-order valence-electron chi connectivity index (χ4n) is 4.94. The highest BCUT2D eigenvalue weighted by Gasteiger charge is 2.62. The van der Waals surface area contributed by atoms with Gasteiger partial charge in [0.25, 0.3) is 11.5 Å². The number of nitrogens with zero attached hydrogens (tertiary/aromatic N) is 1. The van der Waals surface area contributed by atoms with E-state index in [1.165, 1.54) is 6.20 Å². The van der Waals surface area contributed by atoms with Crippen LogP contribution in [0.15, 0.2) is 53.5 Å². The summed E-state index contributed by atoms with van der Waals surface area (Å²) in [7, 11) is 0. The van der Waals surface area contributed by atoms with E-state index >= 15 is 0 Å². The number of aromatic amines is 1. The van der Waals surface area contributed by atoms with Crippen molar-refractivity contribution in [1.29, 1.82) is 0 Å². The molecule has 1 aromatic heterocycles. The third kappa shape index (κ3) is 2.93. The van der Waals surface area contributed by atoms with Gasteiger partial charge >= 0.3 is 5.97 Å². The lowest BCUT2D eigenvalue weighted by Gasteiger charge is -2.35. The molecule has 2 aliphatic heterocycles. The summed E-state index contributed by atoms with van der Waals surface area (Å²) in [6.45, 7) is 2.10. The summed E-state index contributed by atoms with van der Waals surface area (Å²) in [5, 5.41) is 0. The van der Waals surface area contributed by atoms with Crippen LogP contribution in [0, 0.1) is 5.41 Å². The number of hydrogen-bond acceptors (Lipinski definition) is 4. The van der Waals surface area contributed by atoms with Gasteiger partial charge in [-0.25, -0.2) is 0 Å². The van der Waals surface area contributed by atoms with Crippen LogP contribution in [-0.2, 0) is 16.0 Å². The number of fused-ring (bicyclic) bond motifs is 2. The number of carbonyl (C=O) groups excluding carboxylic acids is 2. The molecule has 2 aliphatic rings. The fourth-order valence-corrected chi connectivity index (χ4v) is 4.94. The number of hydrogen-bond donors (Lipinski definition) is 1. The summed E-state index contributed by atoms with van der Waals surface area (Å²) in [4.78, 5) is 42.8. The molecule has 3 heterocycles. The molecule has 1 aromatic carbocycles. The number of esters is 1. The molecular weight excluding hydrogens is 356 g/mol. The van der Waals surface area contributed by atoms with Gasteiger partial charge in [0.1, 0.15) is 5.56 Å². The SMILES string of the molecule is CCOC(=O)[C@@]1(Cc2ccccc2)C[C@H]2CC[C@@H]1N2C(=O)c1ccc[nH]c1=O. The van der Waals surface area contributed by atoms with Crippen molar-refractivity contribution in [2.75, 3.05) is 6.61 Å². The predicted octanol–water partition coefficient (Wildman–Crippen LogP) is 2.54. The zero-order valence-corrected chi connectivity index (χ0v) is 15.9. The molecule has 6 heteroatoms. The number of nitrogens with one attached hydrogen (secondary N) is 1. The monoisotopic (exact) mass is 380 g/mol. The Kier molecular flexibility index (Phi) is 4.79. The summed E-state index contributed by atoms with van der Waals surface area (Å²) in [5.74, 6) is -0.542. The third-order valence-corrected chi connectivity index (χ3v) is 6.07. The van der Waals surface area contributed by atoms with Crippen LogP contribution in [0.25, 0.3) is 0 Å². The van der Waals surface area contributed by atoms with E-state index in [9.17, 15) is 14.4 Å². The second-order valence-electron chi connectivity index (χ2n) is 7.62. The van der Waals surface area contributed by atoms with Crippen molar-refractivity contribution in [1.82, 2.24) is 9.88 Å². The number of ether oxygens (including phenoxy) is 1. The van der Waals surface area contributed by atoms with Gasteiger partial charge in [0.15, 0.2) is 0 Å². The Morgan fingerprint density at radius 1 is 1.18 bits per heavy atom. The van der Waals surface area contributed by atoms with Crippen molar-refractivity contribution in [2.24, 2.45) is 5.41 Å². The molecule has 2 aromatic rings. The summed E-state index contributed by atoms with van der Waals surface area (Å²) < 4.78 is 5.47. The van der Waals surface area contributed by atoms with Gasteiger partial charge < -0.3 is 14.6 Å². The Hall–Kier alpha value is -2.89. The maximum Gasteiger partial charge on any atom is 0.314 e. The standard InChI is InChI=1S/C22H24N2O4/c1-2-28-21(27)22(13-15-7-4-3-5-8-15)14-16-10-11-18(22)24(16)20(26)17-9-6-12-23-19(17)25/h3-9,12,16,18H,2,10-11,13-14H2,1H3,(H,23,25)/t16-,18+,22+/m1/s1. The second kappa shape index (κ2) is 7.26. The summed E-state index contributed by atoms with van der Waals surface area (Å²) in [5.41, 5.74) is 0.00715. The lowest BCUT2D eigenvalue weighted by atomic mass is 9.70. The number of pyridine rings is 1. The van der Waals surface area contributed by atoms with E-state index < -0.39 is 11.0 Å². The van der Waals surface area contributed by atoms with Crippen molar-refractivity contribution in [3.8, 4) is 0 Å². The van der Waals surface area contributed by atoms with E-state index in [0.717, 1.165) is 18.4 Å². The van der Waals surface area contributed by atoms with Crippen LogP contribution >= 0.6 is 0 Å². The molecule has 1 amide bonds. The normalized spacial score (nSPS) is 25.7. The molecule has 2 saturated heterocycles. The van der Waals surface area contributed by atoms with Crippen molar-refractivity contribution in [2.45, 2.75) is 44.7 Å². The zero-order valence-electron chi connectivity index (χ0n) is 15.9. The Morgan fingerprint density at radius 2 is 1.96 bits per heavy atom. The van der Waals surface area contributed by atoms with Gasteiger partial charge in [-0.15, -0.1) is 0 Å². The molecule has 0 unspecified atom stereocenters. The molecule has 0 radical (unpaired) electrons. The maximum absolute atomic E-state index is 13.2. The first-order valence-electron chi connectivity index (χ1n) is 9.78. The van der Waals surface area contributed by atoms with Crippen LogP contribution in [0.4, 0.5) is 0 Å². The maximum atomic E-state index is 13.2. The quantitative estimate of drug-likeness (QED) is 0.809. The zero-order chi connectivity index (χ0) is 19.7. The summed E-state index contributed by atoms with van der Waals surface area (Å²) in [6, 6.07) is 12.7. The number of benzene rings is 1. The third-order valence-electron chi connectivity index (χ3n) is 6.07. The van der Waals surface area contributed by atoms with E-state index in [2.05, 4.69) is 4.98 Å². The number of carbonyl (C=O) groups is 2. The molecule has 0 saturated carbocycles. The lowest BCUT2D eigenvalue weighted by molar-refractivity contribution is -0.157. The molecule has 0 aliphatic carbocycles. The molecule has 2 fully saturated rings. The van der Waals surface area contributed by atoms with Crippen LogP contribution in [-0.4, -0.2) is 40.5 Å². The smallest absolute Gasteiger partial charge is 0.314 e. The largest absolute Gasteiger partial charge is 0.465 e. The molecule has 146 valence electrons. The molecule has 4 rings (SSSR count). The van der Waals surface area contributed by atoms with Gasteiger partial charge in [-0.2, -0.15) is 0 Å². The molecule has 1 N–H and O–H groups in total. The number of aromatic nitrogens is 1. The molecule has 6 nitrogen and oxygen atoms in total.